The van der Waals surface area contributed by atoms with Crippen LogP contribution in [0.3, 0.4) is 0 Å². The van der Waals surface area contributed by atoms with Crippen molar-refractivity contribution in [1.82, 2.24) is 0 Å². The number of hydrogen-bond acceptors (Lipinski definition) is 0. The van der Waals surface area contributed by atoms with E-state index < -0.39 is 0 Å². The minimum atomic E-state index is 0. The molecule has 164 valence electrons. The normalized spacial score (nSPS) is 15.2. The van der Waals surface area contributed by atoms with E-state index in [0.717, 1.165) is 6.42 Å². The third-order valence-electron chi connectivity index (χ3n) is 6.64. The van der Waals surface area contributed by atoms with Gasteiger partial charge in [0.25, 0.3) is 0 Å². The first kappa shape index (κ1) is 23.8. The van der Waals surface area contributed by atoms with Crippen LogP contribution in [-0.2, 0) is 37.7 Å². The van der Waals surface area contributed by atoms with Crippen LogP contribution in [0, 0.1) is 12.2 Å². The molecule has 0 radical (unpaired) electrons. The molecule has 0 saturated heterocycles. The summed E-state index contributed by atoms with van der Waals surface area (Å²) in [6.45, 7) is 4.46. The Morgan fingerprint density at radius 3 is 2.24 bits per heavy atom. The molecule has 0 unspecified atom stereocenters. The standard InChI is InChI=1S/C12H13.C11H9.C9H7.Hf/c1-9(2)12-7-10-5-3-4-6-11(10)8-12;1-2-4-10-9(3-1)5-6-11(10)7-8-11;1-2-5-9-7-3-6-8(9)4-1;/h3-9H,1-2H3;1-5H,7-8H2;1-2,4-6H,7H2;/q3*-1;. The number of fused-ring (bicyclic) bond motifs is 4. The molecule has 0 aromatic heterocycles. The molecule has 0 N–H and O–H groups in total. The molecular formula is C32H29Hf-3. The Bertz CT molecular complexity index is 1250. The fourth-order valence-corrected chi connectivity index (χ4v) is 4.51. The van der Waals surface area contributed by atoms with Crippen molar-refractivity contribution in [3.63, 3.8) is 0 Å². The van der Waals surface area contributed by atoms with E-state index in [9.17, 15) is 0 Å². The van der Waals surface area contributed by atoms with E-state index in [0.29, 0.717) is 11.3 Å². The predicted octanol–water partition coefficient (Wildman–Crippen LogP) is 8.29. The van der Waals surface area contributed by atoms with E-state index in [1.54, 1.807) is 0 Å². The number of hydrogen-bond donors (Lipinski definition) is 0. The third kappa shape index (κ3) is 5.25. The molecule has 1 spiro atoms. The Morgan fingerprint density at radius 2 is 1.52 bits per heavy atom. The van der Waals surface area contributed by atoms with Gasteiger partial charge in [-0.15, -0.1) is 70.3 Å². The van der Waals surface area contributed by atoms with Gasteiger partial charge in [-0.25, -0.2) is 12.2 Å². The molecule has 1 saturated carbocycles. The molecular weight excluding hydrogens is 563 g/mol. The maximum Gasteiger partial charge on any atom is 0 e. The third-order valence-corrected chi connectivity index (χ3v) is 6.64. The molecule has 0 heterocycles. The van der Waals surface area contributed by atoms with Gasteiger partial charge in [0.2, 0.25) is 0 Å². The van der Waals surface area contributed by atoms with E-state index in [-0.39, 0.29) is 25.8 Å². The van der Waals surface area contributed by atoms with Crippen LogP contribution in [0.5, 0.6) is 0 Å². The zero-order valence-electron chi connectivity index (χ0n) is 19.4. The van der Waals surface area contributed by atoms with Crippen LogP contribution < -0.4 is 0 Å². The molecule has 0 atom stereocenters. The number of rotatable bonds is 1. The second-order valence-corrected chi connectivity index (χ2v) is 9.25. The van der Waals surface area contributed by atoms with Crippen LogP contribution in [-0.4, -0.2) is 0 Å². The van der Waals surface area contributed by atoms with Crippen LogP contribution in [0.25, 0.3) is 22.9 Å². The molecule has 0 amide bonds. The van der Waals surface area contributed by atoms with Crippen molar-refractivity contribution in [2.75, 3.05) is 0 Å². The summed E-state index contributed by atoms with van der Waals surface area (Å²) in [5, 5.41) is 2.72. The maximum atomic E-state index is 3.45. The first-order chi connectivity index (χ1) is 15.6. The average molecular weight is 592 g/mol. The summed E-state index contributed by atoms with van der Waals surface area (Å²) in [5.41, 5.74) is 7.42. The monoisotopic (exact) mass is 593 g/mol. The van der Waals surface area contributed by atoms with Gasteiger partial charge in [-0.3, -0.25) is 12.2 Å². The second-order valence-electron chi connectivity index (χ2n) is 9.25. The molecule has 0 nitrogen and oxygen atoms in total. The predicted molar refractivity (Wildman–Crippen MR) is 137 cm³/mol. The Labute approximate surface area is 217 Å². The van der Waals surface area contributed by atoms with Crippen LogP contribution in [0.1, 0.15) is 60.4 Å². The smallest absolute Gasteiger partial charge is 0 e. The van der Waals surface area contributed by atoms with Crippen molar-refractivity contribution in [2.45, 2.75) is 44.4 Å². The van der Waals surface area contributed by atoms with Gasteiger partial charge >= 0.3 is 0 Å². The maximum absolute atomic E-state index is 3.45. The van der Waals surface area contributed by atoms with Crippen molar-refractivity contribution in [2.24, 2.45) is 0 Å². The molecule has 33 heavy (non-hydrogen) atoms. The van der Waals surface area contributed by atoms with E-state index in [1.807, 2.05) is 0 Å². The summed E-state index contributed by atoms with van der Waals surface area (Å²) in [6, 6.07) is 30.1. The van der Waals surface area contributed by atoms with E-state index in [1.165, 1.54) is 51.4 Å². The summed E-state index contributed by atoms with van der Waals surface area (Å²) in [5.74, 6) is 0.636. The number of benzene rings is 3. The van der Waals surface area contributed by atoms with Crippen molar-refractivity contribution >= 4 is 22.9 Å². The Morgan fingerprint density at radius 1 is 0.818 bits per heavy atom. The van der Waals surface area contributed by atoms with E-state index >= 15 is 0 Å². The summed E-state index contributed by atoms with van der Waals surface area (Å²) >= 11 is 0. The average Bonchev–Trinajstić information content (AvgIpc) is 3.17. The van der Waals surface area contributed by atoms with Gasteiger partial charge in [-0.1, -0.05) is 74.6 Å². The summed E-state index contributed by atoms with van der Waals surface area (Å²) in [6.07, 6.45) is 14.4. The largest absolute Gasteiger partial charge is 0.272 e. The number of allylic oxidation sites excluding steroid dienone is 2. The van der Waals surface area contributed by atoms with Gasteiger partial charge in [-0.05, 0) is 5.92 Å². The van der Waals surface area contributed by atoms with Gasteiger partial charge < -0.3 is 0 Å². The topological polar surface area (TPSA) is 0 Å². The minimum Gasteiger partial charge on any atom is -0.272 e. The minimum absolute atomic E-state index is 0. The van der Waals surface area contributed by atoms with Gasteiger partial charge in [0.05, 0.1) is 0 Å². The molecule has 1 fully saturated rings. The van der Waals surface area contributed by atoms with Crippen LogP contribution >= 0.6 is 0 Å². The summed E-state index contributed by atoms with van der Waals surface area (Å²) in [7, 11) is 0. The van der Waals surface area contributed by atoms with Gasteiger partial charge in [-0.2, -0.15) is 17.2 Å². The van der Waals surface area contributed by atoms with Crippen LogP contribution in [0.15, 0.2) is 84.9 Å². The Balaban J connectivity index is 0.000000117. The molecule has 3 aliphatic rings. The fourth-order valence-electron chi connectivity index (χ4n) is 4.51. The van der Waals surface area contributed by atoms with Crippen molar-refractivity contribution in [3.8, 4) is 0 Å². The molecule has 1 heteroatoms. The molecule has 0 bridgehead atoms. The van der Waals surface area contributed by atoms with Crippen molar-refractivity contribution in [3.05, 3.63) is 125 Å². The van der Waals surface area contributed by atoms with E-state index in [4.69, 9.17) is 0 Å². The SMILES string of the molecule is CC(C)c1cc2ccccc2[cH-]1.[C-]1=Cc2ccccc2C1.[C-]1=Cc2ccccc2C12CC2.[Hf]. The van der Waals surface area contributed by atoms with Gasteiger partial charge in [0.15, 0.2) is 0 Å². The molecule has 4 aromatic carbocycles. The first-order valence-corrected chi connectivity index (χ1v) is 11.6. The summed E-state index contributed by atoms with van der Waals surface area (Å²) < 4.78 is 0. The molecule has 4 aromatic rings. The van der Waals surface area contributed by atoms with Gasteiger partial charge in [0, 0.05) is 25.8 Å². The van der Waals surface area contributed by atoms with E-state index in [2.05, 4.69) is 123 Å². The second kappa shape index (κ2) is 10.3. The first-order valence-electron chi connectivity index (χ1n) is 11.6. The zero-order valence-corrected chi connectivity index (χ0v) is 23.0. The summed E-state index contributed by atoms with van der Waals surface area (Å²) in [4.78, 5) is 0. The Kier molecular flexibility index (Phi) is 7.39. The fraction of sp³-hybridized carbons (Fsp3) is 0.219. The van der Waals surface area contributed by atoms with Crippen molar-refractivity contribution < 1.29 is 25.8 Å². The van der Waals surface area contributed by atoms with Gasteiger partial charge in [0.1, 0.15) is 0 Å². The molecule has 3 aliphatic carbocycles. The molecule has 7 rings (SSSR count). The van der Waals surface area contributed by atoms with Crippen LogP contribution in [0.2, 0.25) is 0 Å². The quantitative estimate of drug-likeness (QED) is 0.154. The van der Waals surface area contributed by atoms with Crippen molar-refractivity contribution in [1.29, 1.82) is 0 Å². The molecule has 0 aliphatic heterocycles. The Hall–Kier alpha value is -2.38. The zero-order chi connectivity index (χ0) is 22.0. The van der Waals surface area contributed by atoms with Crippen LogP contribution in [0.4, 0.5) is 0 Å².